The Labute approximate surface area is 140 Å². The first kappa shape index (κ1) is 15.3. The van der Waals surface area contributed by atoms with E-state index >= 15 is 0 Å². The lowest BCUT2D eigenvalue weighted by Crippen LogP contribution is -2.55. The third-order valence-electron chi connectivity index (χ3n) is 4.81. The van der Waals surface area contributed by atoms with Crippen molar-refractivity contribution in [3.8, 4) is 11.4 Å². The summed E-state index contributed by atoms with van der Waals surface area (Å²) in [5.41, 5.74) is 0.898. The van der Waals surface area contributed by atoms with Gasteiger partial charge in [-0.1, -0.05) is 43.2 Å². The van der Waals surface area contributed by atoms with Gasteiger partial charge in [-0.05, 0) is 18.1 Å². The maximum Gasteiger partial charge on any atom is 0.246 e. The average Bonchev–Trinajstić information content (AvgIpc) is 3.10. The normalized spacial score (nSPS) is 23.8. The van der Waals surface area contributed by atoms with Gasteiger partial charge in [-0.2, -0.15) is 4.80 Å². The fourth-order valence-electron chi connectivity index (χ4n) is 3.63. The number of morpholine rings is 1. The molecule has 0 bridgehead atoms. The van der Waals surface area contributed by atoms with E-state index in [2.05, 4.69) is 15.4 Å². The van der Waals surface area contributed by atoms with E-state index in [0.717, 1.165) is 24.8 Å². The molecule has 1 aromatic heterocycles. The van der Waals surface area contributed by atoms with Crippen molar-refractivity contribution in [2.45, 2.75) is 44.4 Å². The zero-order chi connectivity index (χ0) is 16.4. The molecule has 0 radical (unpaired) electrons. The van der Waals surface area contributed by atoms with Gasteiger partial charge in [-0.15, -0.1) is 10.2 Å². The van der Waals surface area contributed by atoms with Crippen molar-refractivity contribution in [2.75, 3.05) is 13.2 Å². The summed E-state index contributed by atoms with van der Waals surface area (Å²) < 4.78 is 5.83. The Morgan fingerprint density at radius 1 is 1.21 bits per heavy atom. The van der Waals surface area contributed by atoms with E-state index in [1.807, 2.05) is 35.2 Å². The number of hydrogen-bond donors (Lipinski definition) is 0. The van der Waals surface area contributed by atoms with Gasteiger partial charge in [0.1, 0.15) is 6.54 Å². The second-order valence-corrected chi connectivity index (χ2v) is 6.36. The van der Waals surface area contributed by atoms with Gasteiger partial charge < -0.3 is 9.64 Å². The number of hydrogen-bond acceptors (Lipinski definition) is 5. The number of rotatable bonds is 3. The van der Waals surface area contributed by atoms with Gasteiger partial charge in [0, 0.05) is 12.1 Å². The summed E-state index contributed by atoms with van der Waals surface area (Å²) in [5, 5.41) is 12.4. The molecule has 1 saturated heterocycles. The van der Waals surface area contributed by atoms with Gasteiger partial charge in [0.25, 0.3) is 0 Å². The topological polar surface area (TPSA) is 73.1 Å². The zero-order valence-corrected chi connectivity index (χ0v) is 13.5. The van der Waals surface area contributed by atoms with Crippen LogP contribution in [0, 0.1) is 0 Å². The van der Waals surface area contributed by atoms with Crippen LogP contribution in [0.4, 0.5) is 0 Å². The summed E-state index contributed by atoms with van der Waals surface area (Å²) in [6.07, 6.45) is 4.62. The lowest BCUT2D eigenvalue weighted by atomic mass is 9.90. The van der Waals surface area contributed by atoms with E-state index in [4.69, 9.17) is 4.74 Å². The maximum absolute atomic E-state index is 12.7. The van der Waals surface area contributed by atoms with Crippen LogP contribution < -0.4 is 0 Å². The molecule has 0 N–H and O–H groups in total. The highest BCUT2D eigenvalue weighted by Gasteiger charge is 2.36. The molecule has 1 aliphatic heterocycles. The number of amides is 1. The molecule has 1 amide bonds. The molecule has 7 nitrogen and oxygen atoms in total. The lowest BCUT2D eigenvalue weighted by Gasteiger charge is -2.43. The summed E-state index contributed by atoms with van der Waals surface area (Å²) in [7, 11) is 0. The van der Waals surface area contributed by atoms with E-state index in [9.17, 15) is 4.79 Å². The number of nitrogens with zero attached hydrogens (tertiary/aromatic N) is 5. The van der Waals surface area contributed by atoms with Crippen LogP contribution in [0.5, 0.6) is 0 Å². The molecule has 2 aliphatic rings. The number of carbonyl (C=O) groups excluding carboxylic acids is 1. The van der Waals surface area contributed by atoms with E-state index in [1.165, 1.54) is 11.2 Å². The largest absolute Gasteiger partial charge is 0.374 e. The number of carbonyl (C=O) groups is 1. The average molecular weight is 327 g/mol. The summed E-state index contributed by atoms with van der Waals surface area (Å²) in [6, 6.07) is 9.86. The molecule has 4 rings (SSSR count). The number of ether oxygens (including phenoxy) is 1. The fraction of sp³-hybridized carbons (Fsp3) is 0.529. The maximum atomic E-state index is 12.7. The molecule has 2 fully saturated rings. The highest BCUT2D eigenvalue weighted by Crippen LogP contribution is 2.28. The number of fused-ring (bicyclic) bond motifs is 1. The van der Waals surface area contributed by atoms with Crippen LogP contribution in [0.15, 0.2) is 30.3 Å². The van der Waals surface area contributed by atoms with Crippen molar-refractivity contribution in [3.63, 3.8) is 0 Å². The van der Waals surface area contributed by atoms with Crippen LogP contribution >= 0.6 is 0 Å². The van der Waals surface area contributed by atoms with Crippen molar-refractivity contribution in [1.82, 2.24) is 25.1 Å². The molecule has 1 aromatic carbocycles. The van der Waals surface area contributed by atoms with Crippen LogP contribution in [-0.4, -0.2) is 56.3 Å². The van der Waals surface area contributed by atoms with Gasteiger partial charge in [-0.25, -0.2) is 0 Å². The van der Waals surface area contributed by atoms with Gasteiger partial charge in [0.05, 0.1) is 18.8 Å². The van der Waals surface area contributed by atoms with Gasteiger partial charge >= 0.3 is 0 Å². The molecule has 2 heterocycles. The highest BCUT2D eigenvalue weighted by molar-refractivity contribution is 5.76. The first-order chi connectivity index (χ1) is 11.8. The van der Waals surface area contributed by atoms with Crippen molar-refractivity contribution in [2.24, 2.45) is 0 Å². The zero-order valence-electron chi connectivity index (χ0n) is 13.5. The smallest absolute Gasteiger partial charge is 0.246 e. The minimum absolute atomic E-state index is 0.0483. The molecule has 1 aliphatic carbocycles. The second kappa shape index (κ2) is 6.68. The molecular formula is C17H21N5O2. The van der Waals surface area contributed by atoms with E-state index in [-0.39, 0.29) is 24.6 Å². The first-order valence-electron chi connectivity index (χ1n) is 8.55. The monoisotopic (exact) mass is 327 g/mol. The molecule has 126 valence electrons. The summed E-state index contributed by atoms with van der Waals surface area (Å²) in [6.45, 7) is 1.40. The first-order valence-corrected chi connectivity index (χ1v) is 8.55. The van der Waals surface area contributed by atoms with Gasteiger partial charge in [0.15, 0.2) is 0 Å². The standard InChI is InChI=1S/C17H21N5O2/c23-16(21-10-11-24-15-9-5-4-8-14(15)21)12-22-19-17(18-20-22)13-6-2-1-3-7-13/h1-3,6-7,14-15H,4-5,8-12H2/t14-,15+/m1/s1. The summed E-state index contributed by atoms with van der Waals surface area (Å²) >= 11 is 0. The Morgan fingerprint density at radius 3 is 2.92 bits per heavy atom. The van der Waals surface area contributed by atoms with Crippen molar-refractivity contribution in [3.05, 3.63) is 30.3 Å². The van der Waals surface area contributed by atoms with Gasteiger partial charge in [-0.3, -0.25) is 4.79 Å². The molecule has 7 heteroatoms. The van der Waals surface area contributed by atoms with Crippen LogP contribution in [0.2, 0.25) is 0 Å². The Kier molecular flexibility index (Phi) is 4.25. The van der Waals surface area contributed by atoms with Crippen molar-refractivity contribution >= 4 is 5.91 Å². The summed E-state index contributed by atoms with van der Waals surface area (Å²) in [4.78, 5) is 16.1. The van der Waals surface area contributed by atoms with E-state index in [0.29, 0.717) is 19.0 Å². The minimum Gasteiger partial charge on any atom is -0.374 e. The van der Waals surface area contributed by atoms with Crippen LogP contribution in [0.25, 0.3) is 11.4 Å². The van der Waals surface area contributed by atoms with Gasteiger partial charge in [0.2, 0.25) is 11.7 Å². The fourth-order valence-corrected chi connectivity index (χ4v) is 3.63. The molecule has 0 unspecified atom stereocenters. The molecule has 2 atom stereocenters. The van der Waals surface area contributed by atoms with Crippen LogP contribution in [0.3, 0.4) is 0 Å². The molecule has 2 aromatic rings. The third kappa shape index (κ3) is 3.03. The number of benzene rings is 1. The molecule has 0 spiro atoms. The van der Waals surface area contributed by atoms with E-state index < -0.39 is 0 Å². The Bertz CT molecular complexity index is 700. The predicted octanol–water partition coefficient (Wildman–Crippen LogP) is 1.51. The Morgan fingerprint density at radius 2 is 2.04 bits per heavy atom. The molecular weight excluding hydrogens is 306 g/mol. The quantitative estimate of drug-likeness (QED) is 0.854. The summed E-state index contributed by atoms with van der Waals surface area (Å²) in [5.74, 6) is 0.591. The molecule has 1 saturated carbocycles. The minimum atomic E-state index is 0.0483. The predicted molar refractivity (Wildman–Crippen MR) is 87.0 cm³/mol. The highest BCUT2D eigenvalue weighted by atomic mass is 16.5. The number of aromatic nitrogens is 4. The SMILES string of the molecule is O=C(Cn1nnc(-c2ccccc2)n1)N1CCO[C@H]2CCCC[C@H]21. The van der Waals surface area contributed by atoms with Crippen molar-refractivity contribution < 1.29 is 9.53 Å². The van der Waals surface area contributed by atoms with Crippen molar-refractivity contribution in [1.29, 1.82) is 0 Å². The number of tetrazole rings is 1. The van der Waals surface area contributed by atoms with E-state index in [1.54, 1.807) is 0 Å². The Balaban J connectivity index is 1.45. The second-order valence-electron chi connectivity index (χ2n) is 6.36. The lowest BCUT2D eigenvalue weighted by molar-refractivity contribution is -0.150. The van der Waals surface area contributed by atoms with Crippen LogP contribution in [0.1, 0.15) is 25.7 Å². The molecule has 24 heavy (non-hydrogen) atoms. The third-order valence-corrected chi connectivity index (χ3v) is 4.81. The Hall–Kier alpha value is -2.28. The van der Waals surface area contributed by atoms with Crippen LogP contribution in [-0.2, 0) is 16.1 Å².